The van der Waals surface area contributed by atoms with Crippen molar-refractivity contribution >= 4 is 11.9 Å². The highest BCUT2D eigenvalue weighted by Crippen LogP contribution is 2.18. The number of amides is 1. The lowest BCUT2D eigenvalue weighted by Crippen LogP contribution is -2.37. The van der Waals surface area contributed by atoms with Crippen molar-refractivity contribution in [1.29, 1.82) is 0 Å². The van der Waals surface area contributed by atoms with E-state index in [9.17, 15) is 18.0 Å². The fourth-order valence-electron chi connectivity index (χ4n) is 4.02. The van der Waals surface area contributed by atoms with E-state index in [-0.39, 0.29) is 18.6 Å². The van der Waals surface area contributed by atoms with Gasteiger partial charge in [0.2, 0.25) is 5.91 Å². The lowest BCUT2D eigenvalue weighted by molar-refractivity contribution is -0.192. The molecule has 1 fully saturated rings. The standard InChI is InChI=1S/C20H29N5O2.C2HF3O2/c1-2-25-12-17(10-21-25)11-22-13-18-6-5-9-24(18)15-19(14-22)27-16-20(26)23-7-3-4-8-23;3-2(4,5)1(6)7/h5-6,9-10,12,19H,2-4,7-8,11,13-16H2,1H3;(H,6,7). The van der Waals surface area contributed by atoms with Gasteiger partial charge in [0.15, 0.2) is 0 Å². The molecule has 188 valence electrons. The van der Waals surface area contributed by atoms with E-state index in [0.29, 0.717) is 0 Å². The average molecular weight is 486 g/mol. The topological polar surface area (TPSA) is 92.8 Å². The number of ether oxygens (including phenoxy) is 1. The summed E-state index contributed by atoms with van der Waals surface area (Å²) in [5.74, 6) is -2.63. The number of nitrogens with zero attached hydrogens (tertiary/aromatic N) is 5. The van der Waals surface area contributed by atoms with Gasteiger partial charge in [-0.2, -0.15) is 18.3 Å². The van der Waals surface area contributed by atoms with Crippen LogP contribution < -0.4 is 0 Å². The number of aryl methyl sites for hydroxylation is 1. The van der Waals surface area contributed by atoms with E-state index in [4.69, 9.17) is 14.6 Å². The Morgan fingerprint density at radius 2 is 1.94 bits per heavy atom. The quantitative estimate of drug-likeness (QED) is 0.676. The summed E-state index contributed by atoms with van der Waals surface area (Å²) < 4.78 is 42.0. The van der Waals surface area contributed by atoms with Crippen molar-refractivity contribution in [1.82, 2.24) is 24.1 Å². The summed E-state index contributed by atoms with van der Waals surface area (Å²) in [6.07, 6.45) is 3.30. The zero-order chi connectivity index (χ0) is 24.7. The number of carboxylic acids is 1. The van der Waals surface area contributed by atoms with Crippen molar-refractivity contribution in [2.45, 2.75) is 58.2 Å². The number of halogens is 3. The van der Waals surface area contributed by atoms with E-state index in [1.807, 2.05) is 15.8 Å². The number of hydrogen-bond acceptors (Lipinski definition) is 5. The van der Waals surface area contributed by atoms with Crippen molar-refractivity contribution in [2.75, 3.05) is 26.2 Å². The smallest absolute Gasteiger partial charge is 0.475 e. The Morgan fingerprint density at radius 3 is 2.56 bits per heavy atom. The molecule has 1 N–H and O–H groups in total. The molecule has 1 unspecified atom stereocenters. The first kappa shape index (κ1) is 25.8. The van der Waals surface area contributed by atoms with Gasteiger partial charge in [-0.25, -0.2) is 4.79 Å². The molecule has 34 heavy (non-hydrogen) atoms. The number of fused-ring (bicyclic) bond motifs is 1. The molecule has 2 aromatic rings. The largest absolute Gasteiger partial charge is 0.490 e. The van der Waals surface area contributed by atoms with Gasteiger partial charge in [0.1, 0.15) is 6.61 Å². The maximum Gasteiger partial charge on any atom is 0.490 e. The minimum absolute atomic E-state index is 0.00595. The van der Waals surface area contributed by atoms with Crippen LogP contribution in [0.15, 0.2) is 30.7 Å². The molecule has 0 aliphatic carbocycles. The molecular formula is C22H30F3N5O4. The van der Waals surface area contributed by atoms with Crippen LogP contribution in [-0.2, 0) is 40.5 Å². The minimum Gasteiger partial charge on any atom is -0.475 e. The third-order valence-corrected chi connectivity index (χ3v) is 5.73. The second kappa shape index (κ2) is 11.5. The molecule has 0 bridgehead atoms. The van der Waals surface area contributed by atoms with Gasteiger partial charge >= 0.3 is 12.1 Å². The first-order valence-corrected chi connectivity index (χ1v) is 11.2. The fourth-order valence-corrected chi connectivity index (χ4v) is 4.02. The second-order valence-corrected chi connectivity index (χ2v) is 8.35. The second-order valence-electron chi connectivity index (χ2n) is 8.35. The summed E-state index contributed by atoms with van der Waals surface area (Å²) in [6.45, 7) is 8.24. The van der Waals surface area contributed by atoms with Gasteiger partial charge in [0, 0.05) is 69.5 Å². The van der Waals surface area contributed by atoms with Gasteiger partial charge in [-0.3, -0.25) is 14.4 Å². The SMILES string of the molecule is CCn1cc(CN2Cc3cccn3CC(OCC(=O)N3CCCC3)C2)cn1.O=C(O)C(F)(F)F. The van der Waals surface area contributed by atoms with Crippen molar-refractivity contribution in [3.63, 3.8) is 0 Å². The van der Waals surface area contributed by atoms with Crippen LogP contribution in [-0.4, -0.2) is 79.7 Å². The highest BCUT2D eigenvalue weighted by molar-refractivity contribution is 5.77. The Morgan fingerprint density at radius 1 is 1.24 bits per heavy atom. The van der Waals surface area contributed by atoms with E-state index >= 15 is 0 Å². The molecular weight excluding hydrogens is 455 g/mol. The van der Waals surface area contributed by atoms with Crippen LogP contribution in [0, 0.1) is 0 Å². The maximum absolute atomic E-state index is 12.3. The van der Waals surface area contributed by atoms with Crippen LogP contribution in [0.4, 0.5) is 13.2 Å². The summed E-state index contributed by atoms with van der Waals surface area (Å²) in [6, 6.07) is 4.25. The van der Waals surface area contributed by atoms with Gasteiger partial charge in [-0.15, -0.1) is 0 Å². The number of aliphatic carboxylic acids is 1. The zero-order valence-corrected chi connectivity index (χ0v) is 19.1. The molecule has 0 saturated carbocycles. The summed E-state index contributed by atoms with van der Waals surface area (Å²) in [7, 11) is 0. The Bertz CT molecular complexity index is 952. The summed E-state index contributed by atoms with van der Waals surface area (Å²) >= 11 is 0. The molecule has 12 heteroatoms. The van der Waals surface area contributed by atoms with E-state index in [1.54, 1.807) is 0 Å². The highest BCUT2D eigenvalue weighted by atomic mass is 19.4. The van der Waals surface area contributed by atoms with Crippen LogP contribution in [0.3, 0.4) is 0 Å². The van der Waals surface area contributed by atoms with Crippen molar-refractivity contribution < 1.29 is 32.6 Å². The molecule has 9 nitrogen and oxygen atoms in total. The molecule has 0 radical (unpaired) electrons. The minimum atomic E-state index is -5.08. The van der Waals surface area contributed by atoms with Crippen LogP contribution in [0.5, 0.6) is 0 Å². The number of carbonyl (C=O) groups excluding carboxylic acids is 1. The molecule has 2 aliphatic heterocycles. The number of rotatable bonds is 6. The fraction of sp³-hybridized carbons (Fsp3) is 0.591. The number of hydrogen-bond donors (Lipinski definition) is 1. The zero-order valence-electron chi connectivity index (χ0n) is 19.1. The molecule has 4 rings (SSSR count). The van der Waals surface area contributed by atoms with Gasteiger partial charge in [0.25, 0.3) is 0 Å². The van der Waals surface area contributed by atoms with E-state index < -0.39 is 12.1 Å². The summed E-state index contributed by atoms with van der Waals surface area (Å²) in [5.41, 5.74) is 2.50. The Labute approximate surface area is 195 Å². The molecule has 1 saturated heterocycles. The summed E-state index contributed by atoms with van der Waals surface area (Å²) in [4.78, 5) is 25.6. The van der Waals surface area contributed by atoms with Gasteiger partial charge in [-0.05, 0) is 31.9 Å². The van der Waals surface area contributed by atoms with Crippen molar-refractivity contribution in [3.05, 3.63) is 42.0 Å². The molecule has 0 aromatic carbocycles. The number of carboxylic acid groups (broad SMARTS) is 1. The lowest BCUT2D eigenvalue weighted by Gasteiger charge is -2.24. The van der Waals surface area contributed by atoms with Crippen LogP contribution in [0.1, 0.15) is 31.0 Å². The third-order valence-electron chi connectivity index (χ3n) is 5.73. The first-order valence-electron chi connectivity index (χ1n) is 11.2. The van der Waals surface area contributed by atoms with E-state index in [1.165, 1.54) is 11.3 Å². The Balaban J connectivity index is 0.000000406. The van der Waals surface area contributed by atoms with Crippen LogP contribution in [0.2, 0.25) is 0 Å². The van der Waals surface area contributed by atoms with E-state index in [0.717, 1.165) is 58.7 Å². The van der Waals surface area contributed by atoms with Gasteiger partial charge in [-0.1, -0.05) is 0 Å². The van der Waals surface area contributed by atoms with Crippen molar-refractivity contribution in [3.8, 4) is 0 Å². The number of alkyl halides is 3. The Hall–Kier alpha value is -2.86. The van der Waals surface area contributed by atoms with E-state index in [2.05, 4.69) is 46.0 Å². The molecule has 2 aliphatic rings. The molecule has 1 amide bonds. The molecule has 2 aromatic heterocycles. The number of likely N-dealkylation sites (tertiary alicyclic amines) is 1. The van der Waals surface area contributed by atoms with Crippen LogP contribution >= 0.6 is 0 Å². The first-order chi connectivity index (χ1) is 16.2. The summed E-state index contributed by atoms with van der Waals surface area (Å²) in [5, 5.41) is 11.5. The van der Waals surface area contributed by atoms with Crippen molar-refractivity contribution in [2.24, 2.45) is 0 Å². The van der Waals surface area contributed by atoms with Gasteiger partial charge in [0.05, 0.1) is 12.3 Å². The average Bonchev–Trinajstić information content (AvgIpc) is 3.53. The third kappa shape index (κ3) is 7.32. The maximum atomic E-state index is 12.3. The molecule has 1 atom stereocenters. The lowest BCUT2D eigenvalue weighted by atomic mass is 10.2. The van der Waals surface area contributed by atoms with Crippen LogP contribution in [0.25, 0.3) is 0 Å². The molecule has 4 heterocycles. The number of aromatic nitrogens is 3. The Kier molecular flexibility index (Phi) is 8.72. The van der Waals surface area contributed by atoms with Gasteiger partial charge < -0.3 is 19.3 Å². The molecule has 0 spiro atoms. The monoisotopic (exact) mass is 485 g/mol. The predicted molar refractivity (Wildman–Crippen MR) is 116 cm³/mol. The predicted octanol–water partition coefficient (Wildman–Crippen LogP) is 2.36. The number of carbonyl (C=O) groups is 2. The normalized spacial score (nSPS) is 18.7. The highest BCUT2D eigenvalue weighted by Gasteiger charge is 2.38.